The van der Waals surface area contributed by atoms with E-state index in [1.54, 1.807) is 6.33 Å². The van der Waals surface area contributed by atoms with Crippen molar-refractivity contribution in [3.63, 3.8) is 0 Å². The Morgan fingerprint density at radius 2 is 2.19 bits per heavy atom. The van der Waals surface area contributed by atoms with Crippen LogP contribution in [0.5, 0.6) is 0 Å². The van der Waals surface area contributed by atoms with Gasteiger partial charge in [0.2, 0.25) is 5.91 Å². The van der Waals surface area contributed by atoms with Gasteiger partial charge >= 0.3 is 0 Å². The highest BCUT2D eigenvalue weighted by Crippen LogP contribution is 2.37. The molecule has 0 saturated heterocycles. The molecule has 0 bridgehead atoms. The minimum absolute atomic E-state index is 0.148. The van der Waals surface area contributed by atoms with E-state index in [2.05, 4.69) is 20.8 Å². The Hall–Kier alpha value is -1.82. The van der Waals surface area contributed by atoms with Crippen molar-refractivity contribution in [3.8, 4) is 0 Å². The van der Waals surface area contributed by atoms with E-state index in [1.807, 2.05) is 23.1 Å². The molecular formula is C15H16N4OS. The summed E-state index contributed by atoms with van der Waals surface area (Å²) in [5, 5.41) is 8.95. The first kappa shape index (κ1) is 12.9. The van der Waals surface area contributed by atoms with Crippen LogP contribution in [-0.4, -0.2) is 33.0 Å². The number of nitrogens with zero attached hydrogens (tertiary/aromatic N) is 4. The Morgan fingerprint density at radius 3 is 3.05 bits per heavy atom. The molecular weight excluding hydrogens is 284 g/mol. The third kappa shape index (κ3) is 2.44. The minimum atomic E-state index is 0.148. The van der Waals surface area contributed by atoms with Gasteiger partial charge in [0.1, 0.15) is 6.33 Å². The molecule has 2 aliphatic rings. The minimum Gasteiger partial charge on any atom is -0.311 e. The predicted octanol–water partition coefficient (Wildman–Crippen LogP) is 2.29. The van der Waals surface area contributed by atoms with E-state index >= 15 is 0 Å². The van der Waals surface area contributed by atoms with Crippen LogP contribution in [0.2, 0.25) is 0 Å². The van der Waals surface area contributed by atoms with E-state index in [0.717, 1.165) is 23.8 Å². The number of benzene rings is 1. The SMILES string of the molecule is O=C(CSc1nncn1C1CC1)N1CCc2ccccc21. The van der Waals surface area contributed by atoms with Crippen molar-refractivity contribution in [1.29, 1.82) is 0 Å². The van der Waals surface area contributed by atoms with E-state index < -0.39 is 0 Å². The first-order valence-corrected chi connectivity index (χ1v) is 8.22. The molecule has 0 spiro atoms. The number of aromatic nitrogens is 3. The standard InChI is InChI=1S/C15H16N4OS/c20-14(18-8-7-11-3-1-2-4-13(11)18)9-21-15-17-16-10-19(15)12-5-6-12/h1-4,10,12H,5-9H2. The lowest BCUT2D eigenvalue weighted by Gasteiger charge is -2.16. The summed E-state index contributed by atoms with van der Waals surface area (Å²) in [6, 6.07) is 8.68. The lowest BCUT2D eigenvalue weighted by Crippen LogP contribution is -2.30. The lowest BCUT2D eigenvalue weighted by atomic mass is 10.2. The maximum atomic E-state index is 12.4. The number of fused-ring (bicyclic) bond motifs is 1. The second kappa shape index (κ2) is 5.18. The number of carbonyl (C=O) groups excluding carboxylic acids is 1. The van der Waals surface area contributed by atoms with Crippen molar-refractivity contribution < 1.29 is 4.79 Å². The average Bonchev–Trinajstić information content (AvgIpc) is 3.10. The van der Waals surface area contributed by atoms with Crippen molar-refractivity contribution in [1.82, 2.24) is 14.8 Å². The number of hydrogen-bond donors (Lipinski definition) is 0. The molecule has 1 aliphatic carbocycles. The Bertz CT molecular complexity index is 680. The molecule has 0 radical (unpaired) electrons. The molecule has 2 aromatic rings. The zero-order valence-electron chi connectivity index (χ0n) is 11.6. The molecule has 4 rings (SSSR count). The average molecular weight is 300 g/mol. The van der Waals surface area contributed by atoms with E-state index in [4.69, 9.17) is 0 Å². The van der Waals surface area contributed by atoms with Crippen LogP contribution in [0, 0.1) is 0 Å². The number of anilines is 1. The Morgan fingerprint density at radius 1 is 1.33 bits per heavy atom. The largest absolute Gasteiger partial charge is 0.311 e. The normalized spacial score (nSPS) is 17.0. The number of thioether (sulfide) groups is 1. The summed E-state index contributed by atoms with van der Waals surface area (Å²) in [5.41, 5.74) is 2.32. The number of hydrogen-bond acceptors (Lipinski definition) is 4. The van der Waals surface area contributed by atoms with Gasteiger partial charge in [0.05, 0.1) is 5.75 Å². The summed E-state index contributed by atoms with van der Waals surface area (Å²) >= 11 is 1.49. The fourth-order valence-electron chi connectivity index (χ4n) is 2.74. The molecule has 1 aromatic carbocycles. The summed E-state index contributed by atoms with van der Waals surface area (Å²) in [7, 11) is 0. The lowest BCUT2D eigenvalue weighted by molar-refractivity contribution is -0.116. The maximum absolute atomic E-state index is 12.4. The van der Waals surface area contributed by atoms with Crippen molar-refractivity contribution in [3.05, 3.63) is 36.2 Å². The molecule has 21 heavy (non-hydrogen) atoms. The van der Waals surface area contributed by atoms with Crippen molar-refractivity contribution in [2.24, 2.45) is 0 Å². The Balaban J connectivity index is 1.44. The molecule has 108 valence electrons. The highest BCUT2D eigenvalue weighted by molar-refractivity contribution is 7.99. The molecule has 0 unspecified atom stereocenters. The second-order valence-electron chi connectivity index (χ2n) is 5.46. The van der Waals surface area contributed by atoms with Gasteiger partial charge in [-0.25, -0.2) is 0 Å². The Labute approximate surface area is 127 Å². The van der Waals surface area contributed by atoms with Crippen LogP contribution >= 0.6 is 11.8 Å². The van der Waals surface area contributed by atoms with Gasteiger partial charge in [-0.1, -0.05) is 30.0 Å². The summed E-state index contributed by atoms with van der Waals surface area (Å²) in [6.45, 7) is 0.786. The number of rotatable bonds is 4. The maximum Gasteiger partial charge on any atom is 0.237 e. The predicted molar refractivity (Wildman–Crippen MR) is 81.5 cm³/mol. The van der Waals surface area contributed by atoms with Gasteiger partial charge in [0, 0.05) is 18.3 Å². The highest BCUT2D eigenvalue weighted by atomic mass is 32.2. The fourth-order valence-corrected chi connectivity index (χ4v) is 3.60. The smallest absolute Gasteiger partial charge is 0.237 e. The van der Waals surface area contributed by atoms with Gasteiger partial charge in [-0.15, -0.1) is 10.2 Å². The van der Waals surface area contributed by atoms with Gasteiger partial charge < -0.3 is 9.47 Å². The molecule has 1 saturated carbocycles. The third-order valence-electron chi connectivity index (χ3n) is 3.99. The summed E-state index contributed by atoms with van der Waals surface area (Å²) in [4.78, 5) is 14.3. The van der Waals surface area contributed by atoms with E-state index in [-0.39, 0.29) is 5.91 Å². The highest BCUT2D eigenvalue weighted by Gasteiger charge is 2.28. The van der Waals surface area contributed by atoms with Gasteiger partial charge in [0.15, 0.2) is 5.16 Å². The van der Waals surface area contributed by atoms with Crippen LogP contribution in [-0.2, 0) is 11.2 Å². The number of amides is 1. The first-order valence-electron chi connectivity index (χ1n) is 7.23. The molecule has 2 heterocycles. The Kier molecular flexibility index (Phi) is 3.18. The van der Waals surface area contributed by atoms with E-state index in [0.29, 0.717) is 11.8 Å². The molecule has 1 amide bonds. The van der Waals surface area contributed by atoms with Crippen molar-refractivity contribution in [2.45, 2.75) is 30.5 Å². The fraction of sp³-hybridized carbons (Fsp3) is 0.400. The van der Waals surface area contributed by atoms with Gasteiger partial charge in [-0.05, 0) is 30.9 Å². The van der Waals surface area contributed by atoms with Crippen molar-refractivity contribution >= 4 is 23.4 Å². The monoisotopic (exact) mass is 300 g/mol. The zero-order valence-corrected chi connectivity index (χ0v) is 12.4. The molecule has 1 aromatic heterocycles. The van der Waals surface area contributed by atoms with Crippen LogP contribution in [0.4, 0.5) is 5.69 Å². The van der Waals surface area contributed by atoms with Gasteiger partial charge in [0.25, 0.3) is 0 Å². The molecule has 1 aliphatic heterocycles. The van der Waals surface area contributed by atoms with Crippen LogP contribution in [0.3, 0.4) is 0 Å². The number of carbonyl (C=O) groups is 1. The number of para-hydroxylation sites is 1. The first-order chi connectivity index (χ1) is 10.3. The molecule has 0 N–H and O–H groups in total. The van der Waals surface area contributed by atoms with Crippen LogP contribution in [0.25, 0.3) is 0 Å². The summed E-state index contributed by atoms with van der Waals surface area (Å²) < 4.78 is 2.09. The summed E-state index contributed by atoms with van der Waals surface area (Å²) in [6.07, 6.45) is 5.11. The van der Waals surface area contributed by atoms with Crippen LogP contribution in [0.15, 0.2) is 35.7 Å². The van der Waals surface area contributed by atoms with Gasteiger partial charge in [-0.3, -0.25) is 4.79 Å². The van der Waals surface area contributed by atoms with Crippen molar-refractivity contribution in [2.75, 3.05) is 17.2 Å². The third-order valence-corrected chi connectivity index (χ3v) is 4.94. The topological polar surface area (TPSA) is 51.0 Å². The zero-order chi connectivity index (χ0) is 14.2. The van der Waals surface area contributed by atoms with Crippen LogP contribution in [0.1, 0.15) is 24.4 Å². The summed E-state index contributed by atoms with van der Waals surface area (Å²) in [5.74, 6) is 0.565. The molecule has 0 atom stereocenters. The van der Waals surface area contributed by atoms with E-state index in [9.17, 15) is 4.79 Å². The molecule has 6 heteroatoms. The second-order valence-corrected chi connectivity index (χ2v) is 6.41. The molecule has 5 nitrogen and oxygen atoms in total. The van der Waals surface area contributed by atoms with E-state index in [1.165, 1.54) is 30.2 Å². The van der Waals surface area contributed by atoms with Crippen LogP contribution < -0.4 is 4.90 Å². The van der Waals surface area contributed by atoms with Gasteiger partial charge in [-0.2, -0.15) is 0 Å². The molecule has 1 fully saturated rings. The quantitative estimate of drug-likeness (QED) is 0.813.